The first-order valence-electron chi connectivity index (χ1n) is 6.40. The van der Waals surface area contributed by atoms with Gasteiger partial charge in [0.15, 0.2) is 0 Å². The number of nitrogen functional groups attached to an aromatic ring is 1. The van der Waals surface area contributed by atoms with Gasteiger partial charge in [-0.1, -0.05) is 17.7 Å². The van der Waals surface area contributed by atoms with Crippen LogP contribution in [0.3, 0.4) is 0 Å². The lowest BCUT2D eigenvalue weighted by Gasteiger charge is -2.23. The Hall–Kier alpha value is -2.01. The van der Waals surface area contributed by atoms with E-state index in [1.165, 1.54) is 16.4 Å². The van der Waals surface area contributed by atoms with Gasteiger partial charge in [0.1, 0.15) is 0 Å². The van der Waals surface area contributed by atoms with Crippen LogP contribution in [0.5, 0.6) is 0 Å². The van der Waals surface area contributed by atoms with E-state index in [1.54, 1.807) is 12.1 Å². The zero-order valence-corrected chi connectivity index (χ0v) is 12.4. The van der Waals surface area contributed by atoms with Crippen LogP contribution in [0.4, 0.5) is 11.4 Å². The lowest BCUT2D eigenvalue weighted by Crippen LogP contribution is -2.30. The quantitative estimate of drug-likeness (QED) is 0.881. The standard InChI is InChI=1S/C15H18N2O2S/c1-3-17(14-8-4-12(2)5-9-14)20(18,19)15-10-6-13(16)7-11-15/h4-11H,3,16H2,1-2H3. The Labute approximate surface area is 119 Å². The molecule has 0 saturated carbocycles. The molecule has 5 heteroatoms. The maximum absolute atomic E-state index is 12.6. The summed E-state index contributed by atoms with van der Waals surface area (Å²) in [5.41, 5.74) is 7.90. The van der Waals surface area contributed by atoms with Crippen molar-refractivity contribution in [3.05, 3.63) is 54.1 Å². The highest BCUT2D eigenvalue weighted by atomic mass is 32.2. The first-order chi connectivity index (χ1) is 9.45. The predicted octanol–water partition coefficient (Wildman–Crippen LogP) is 2.79. The molecule has 0 radical (unpaired) electrons. The second kappa shape index (κ2) is 5.54. The highest BCUT2D eigenvalue weighted by Crippen LogP contribution is 2.24. The lowest BCUT2D eigenvalue weighted by molar-refractivity contribution is 0.592. The number of anilines is 2. The highest BCUT2D eigenvalue weighted by molar-refractivity contribution is 7.92. The number of sulfonamides is 1. The van der Waals surface area contributed by atoms with Crippen molar-refractivity contribution in [2.75, 3.05) is 16.6 Å². The van der Waals surface area contributed by atoms with Crippen molar-refractivity contribution >= 4 is 21.4 Å². The SMILES string of the molecule is CCN(c1ccc(C)cc1)S(=O)(=O)c1ccc(N)cc1. The summed E-state index contributed by atoms with van der Waals surface area (Å²) in [7, 11) is -3.56. The van der Waals surface area contributed by atoms with Crippen molar-refractivity contribution in [3.8, 4) is 0 Å². The molecule has 0 aliphatic heterocycles. The van der Waals surface area contributed by atoms with Gasteiger partial charge in [-0.05, 0) is 50.2 Å². The molecule has 0 saturated heterocycles. The third kappa shape index (κ3) is 2.77. The molecule has 0 atom stereocenters. The molecule has 0 amide bonds. The minimum atomic E-state index is -3.56. The van der Waals surface area contributed by atoms with Crippen LogP contribution in [-0.4, -0.2) is 15.0 Å². The largest absolute Gasteiger partial charge is 0.399 e. The Morgan fingerprint density at radius 1 is 1.00 bits per heavy atom. The summed E-state index contributed by atoms with van der Waals surface area (Å²) in [4.78, 5) is 0.245. The minimum absolute atomic E-state index is 0.245. The fourth-order valence-corrected chi connectivity index (χ4v) is 3.44. The molecule has 0 aliphatic carbocycles. The second-order valence-electron chi connectivity index (χ2n) is 4.57. The molecule has 0 fully saturated rings. The number of rotatable bonds is 4. The molecular weight excluding hydrogens is 272 g/mol. The van der Waals surface area contributed by atoms with Crippen LogP contribution in [0.1, 0.15) is 12.5 Å². The van der Waals surface area contributed by atoms with Crippen molar-refractivity contribution in [3.63, 3.8) is 0 Å². The number of hydrogen-bond donors (Lipinski definition) is 1. The Morgan fingerprint density at radius 2 is 1.55 bits per heavy atom. The monoisotopic (exact) mass is 290 g/mol. The molecule has 0 heterocycles. The van der Waals surface area contributed by atoms with Gasteiger partial charge in [0.25, 0.3) is 10.0 Å². The molecule has 2 aromatic carbocycles. The lowest BCUT2D eigenvalue weighted by atomic mass is 10.2. The Morgan fingerprint density at radius 3 is 2.05 bits per heavy atom. The van der Waals surface area contributed by atoms with Crippen LogP contribution < -0.4 is 10.0 Å². The molecule has 4 nitrogen and oxygen atoms in total. The smallest absolute Gasteiger partial charge is 0.264 e. The Kier molecular flexibility index (Phi) is 3.99. The van der Waals surface area contributed by atoms with E-state index in [0.717, 1.165) is 5.56 Å². The molecule has 0 aromatic heterocycles. The van der Waals surface area contributed by atoms with Gasteiger partial charge < -0.3 is 5.73 Å². The fraction of sp³-hybridized carbons (Fsp3) is 0.200. The van der Waals surface area contributed by atoms with Crippen molar-refractivity contribution in [1.82, 2.24) is 0 Å². The van der Waals surface area contributed by atoms with Crippen LogP contribution in [0.2, 0.25) is 0 Å². The molecule has 20 heavy (non-hydrogen) atoms. The van der Waals surface area contributed by atoms with E-state index >= 15 is 0 Å². The molecule has 2 aromatic rings. The van der Waals surface area contributed by atoms with Gasteiger partial charge in [-0.3, -0.25) is 4.31 Å². The van der Waals surface area contributed by atoms with Crippen molar-refractivity contribution in [1.29, 1.82) is 0 Å². The third-order valence-electron chi connectivity index (χ3n) is 3.08. The van der Waals surface area contributed by atoms with E-state index in [-0.39, 0.29) is 4.90 Å². The summed E-state index contributed by atoms with van der Waals surface area (Å²) in [6.45, 7) is 4.15. The van der Waals surface area contributed by atoms with Gasteiger partial charge in [0.05, 0.1) is 10.6 Å². The van der Waals surface area contributed by atoms with Gasteiger partial charge in [-0.2, -0.15) is 0 Å². The van der Waals surface area contributed by atoms with Crippen LogP contribution in [-0.2, 0) is 10.0 Å². The van der Waals surface area contributed by atoms with Gasteiger partial charge in [0.2, 0.25) is 0 Å². The van der Waals surface area contributed by atoms with E-state index < -0.39 is 10.0 Å². The average molecular weight is 290 g/mol. The first-order valence-corrected chi connectivity index (χ1v) is 7.84. The average Bonchev–Trinajstić information content (AvgIpc) is 2.42. The summed E-state index contributed by atoms with van der Waals surface area (Å²) in [5.74, 6) is 0. The topological polar surface area (TPSA) is 63.4 Å². The van der Waals surface area contributed by atoms with Crippen LogP contribution in [0.15, 0.2) is 53.4 Å². The first kappa shape index (κ1) is 14.4. The molecular formula is C15H18N2O2S. The normalized spacial score (nSPS) is 11.3. The summed E-state index contributed by atoms with van der Waals surface area (Å²) < 4.78 is 26.7. The molecule has 0 unspecified atom stereocenters. The highest BCUT2D eigenvalue weighted by Gasteiger charge is 2.23. The molecule has 106 valence electrons. The molecule has 0 spiro atoms. The van der Waals surface area contributed by atoms with Gasteiger partial charge >= 0.3 is 0 Å². The number of nitrogens with two attached hydrogens (primary N) is 1. The molecule has 2 rings (SSSR count). The van der Waals surface area contributed by atoms with Gasteiger partial charge in [-0.25, -0.2) is 8.42 Å². The zero-order valence-electron chi connectivity index (χ0n) is 11.6. The second-order valence-corrected chi connectivity index (χ2v) is 6.44. The van der Waals surface area contributed by atoms with E-state index in [1.807, 2.05) is 38.1 Å². The minimum Gasteiger partial charge on any atom is -0.399 e. The fourth-order valence-electron chi connectivity index (χ4n) is 1.97. The number of nitrogens with zero attached hydrogens (tertiary/aromatic N) is 1. The summed E-state index contributed by atoms with van der Waals surface area (Å²) in [5, 5.41) is 0. The Bertz CT molecular complexity index is 677. The predicted molar refractivity (Wildman–Crippen MR) is 82.2 cm³/mol. The molecule has 0 aliphatic rings. The maximum atomic E-state index is 12.6. The Balaban J connectivity index is 2.44. The summed E-state index contributed by atoms with van der Waals surface area (Å²) >= 11 is 0. The number of hydrogen-bond acceptors (Lipinski definition) is 3. The van der Waals surface area contributed by atoms with Crippen molar-refractivity contribution < 1.29 is 8.42 Å². The van der Waals surface area contributed by atoms with Crippen molar-refractivity contribution in [2.45, 2.75) is 18.7 Å². The molecule has 2 N–H and O–H groups in total. The van der Waals surface area contributed by atoms with Gasteiger partial charge in [-0.15, -0.1) is 0 Å². The van der Waals surface area contributed by atoms with E-state index in [4.69, 9.17) is 5.73 Å². The van der Waals surface area contributed by atoms with Crippen molar-refractivity contribution in [2.24, 2.45) is 0 Å². The van der Waals surface area contributed by atoms with E-state index in [2.05, 4.69) is 0 Å². The van der Waals surface area contributed by atoms with Gasteiger partial charge in [0, 0.05) is 12.2 Å². The summed E-state index contributed by atoms with van der Waals surface area (Å²) in [6, 6.07) is 13.7. The summed E-state index contributed by atoms with van der Waals surface area (Å²) in [6.07, 6.45) is 0. The number of aryl methyl sites for hydroxylation is 1. The number of benzene rings is 2. The van der Waals surface area contributed by atoms with Crippen LogP contribution in [0.25, 0.3) is 0 Å². The third-order valence-corrected chi connectivity index (χ3v) is 4.99. The van der Waals surface area contributed by atoms with Crippen LogP contribution >= 0.6 is 0 Å². The zero-order chi connectivity index (χ0) is 14.8. The van der Waals surface area contributed by atoms with E-state index in [9.17, 15) is 8.42 Å². The van der Waals surface area contributed by atoms with Crippen LogP contribution in [0, 0.1) is 6.92 Å². The van der Waals surface area contributed by atoms with E-state index in [0.29, 0.717) is 17.9 Å². The molecule has 0 bridgehead atoms. The maximum Gasteiger partial charge on any atom is 0.264 e.